The number of rotatable bonds is 2. The molecule has 1 saturated heterocycles. The molecule has 0 bridgehead atoms. The smallest absolute Gasteiger partial charge is 0.0555 e. The van der Waals surface area contributed by atoms with Crippen LogP contribution >= 0.6 is 0 Å². The van der Waals surface area contributed by atoms with E-state index >= 15 is 0 Å². The van der Waals surface area contributed by atoms with Crippen LogP contribution in [0.2, 0.25) is 0 Å². The van der Waals surface area contributed by atoms with E-state index in [1.54, 1.807) is 0 Å². The maximum atomic E-state index is 5.38. The second-order valence-corrected chi connectivity index (χ2v) is 4.84. The van der Waals surface area contributed by atoms with Gasteiger partial charge in [0.2, 0.25) is 0 Å². The van der Waals surface area contributed by atoms with Gasteiger partial charge >= 0.3 is 0 Å². The minimum atomic E-state index is 0.424. The first-order valence-electron chi connectivity index (χ1n) is 6.28. The Bertz CT molecular complexity index is 428. The summed E-state index contributed by atoms with van der Waals surface area (Å²) in [4.78, 5) is 2.51. The van der Waals surface area contributed by atoms with Crippen LogP contribution in [0, 0.1) is 17.8 Å². The zero-order valence-electron chi connectivity index (χ0n) is 10.4. The van der Waals surface area contributed by atoms with Gasteiger partial charge in [-0.05, 0) is 36.6 Å². The Morgan fingerprint density at radius 3 is 3.06 bits per heavy atom. The molecular weight excluding hydrogens is 208 g/mol. The molecule has 0 aliphatic carbocycles. The topological polar surface area (TPSA) is 29.3 Å². The molecule has 0 spiro atoms. The van der Waals surface area contributed by atoms with Gasteiger partial charge in [0, 0.05) is 18.7 Å². The van der Waals surface area contributed by atoms with Gasteiger partial charge in [0.1, 0.15) is 0 Å². The molecule has 1 aromatic rings. The number of hydrogen-bond acceptors (Lipinski definition) is 2. The third kappa shape index (κ3) is 3.59. The Morgan fingerprint density at radius 1 is 1.47 bits per heavy atom. The Hall–Kier alpha value is -1.30. The lowest BCUT2D eigenvalue weighted by Gasteiger charge is -2.15. The fourth-order valence-corrected chi connectivity index (χ4v) is 2.33. The minimum Gasteiger partial charge on any atom is -0.320 e. The summed E-state index contributed by atoms with van der Waals surface area (Å²) in [5.41, 5.74) is 7.80. The fourth-order valence-electron chi connectivity index (χ4n) is 2.33. The highest BCUT2D eigenvalue weighted by atomic mass is 15.1. The van der Waals surface area contributed by atoms with E-state index in [9.17, 15) is 0 Å². The molecule has 2 heteroatoms. The molecule has 1 aliphatic heterocycles. The van der Waals surface area contributed by atoms with Crippen molar-refractivity contribution in [3.8, 4) is 11.8 Å². The van der Waals surface area contributed by atoms with Gasteiger partial charge < -0.3 is 5.73 Å². The van der Waals surface area contributed by atoms with Crippen molar-refractivity contribution in [2.45, 2.75) is 19.9 Å². The monoisotopic (exact) mass is 228 g/mol. The molecule has 0 radical (unpaired) electrons. The molecule has 2 rings (SSSR count). The molecule has 17 heavy (non-hydrogen) atoms. The maximum Gasteiger partial charge on any atom is 0.0555 e. The number of nitrogens with two attached hydrogens (primary N) is 1. The summed E-state index contributed by atoms with van der Waals surface area (Å²) < 4.78 is 0. The highest BCUT2D eigenvalue weighted by Gasteiger charge is 2.18. The Kier molecular flexibility index (Phi) is 4.19. The zero-order valence-corrected chi connectivity index (χ0v) is 10.4. The Labute approximate surface area is 104 Å². The number of likely N-dealkylation sites (tertiary alicyclic amines) is 1. The van der Waals surface area contributed by atoms with Crippen LogP contribution in [0.25, 0.3) is 0 Å². The van der Waals surface area contributed by atoms with Crippen molar-refractivity contribution in [3.05, 3.63) is 35.4 Å². The maximum absolute atomic E-state index is 5.38. The first-order chi connectivity index (χ1) is 8.28. The van der Waals surface area contributed by atoms with E-state index in [-0.39, 0.29) is 0 Å². The van der Waals surface area contributed by atoms with Crippen LogP contribution in [0.3, 0.4) is 0 Å². The van der Waals surface area contributed by atoms with Crippen LogP contribution in [0.1, 0.15) is 24.5 Å². The number of benzene rings is 1. The van der Waals surface area contributed by atoms with E-state index in [2.05, 4.69) is 41.9 Å². The van der Waals surface area contributed by atoms with Gasteiger partial charge in [-0.1, -0.05) is 30.9 Å². The van der Waals surface area contributed by atoms with Gasteiger partial charge in [0.05, 0.1) is 6.54 Å². The fraction of sp³-hybridized carbons (Fsp3) is 0.467. The summed E-state index contributed by atoms with van der Waals surface area (Å²) in [6.45, 7) is 6.23. The van der Waals surface area contributed by atoms with Gasteiger partial charge in [-0.3, -0.25) is 4.90 Å². The van der Waals surface area contributed by atoms with Gasteiger partial charge in [0.15, 0.2) is 0 Å². The molecule has 1 aromatic carbocycles. The molecular formula is C15H20N2. The lowest BCUT2D eigenvalue weighted by Crippen LogP contribution is -2.19. The summed E-state index contributed by atoms with van der Waals surface area (Å²) in [6.07, 6.45) is 1.33. The van der Waals surface area contributed by atoms with Crippen molar-refractivity contribution in [1.82, 2.24) is 4.90 Å². The molecule has 2 N–H and O–H groups in total. The SMILES string of the molecule is CC1CCN(Cc2cccc(C#CCN)c2)C1. The predicted molar refractivity (Wildman–Crippen MR) is 71.4 cm³/mol. The van der Waals surface area contributed by atoms with E-state index < -0.39 is 0 Å². The van der Waals surface area contributed by atoms with Crippen LogP contribution in [-0.4, -0.2) is 24.5 Å². The summed E-state index contributed by atoms with van der Waals surface area (Å²) in [7, 11) is 0. The average Bonchev–Trinajstić information content (AvgIpc) is 2.73. The van der Waals surface area contributed by atoms with Crippen LogP contribution in [0.5, 0.6) is 0 Å². The molecule has 1 aliphatic rings. The minimum absolute atomic E-state index is 0.424. The average molecular weight is 228 g/mol. The van der Waals surface area contributed by atoms with Gasteiger partial charge in [-0.25, -0.2) is 0 Å². The molecule has 1 heterocycles. The largest absolute Gasteiger partial charge is 0.320 e. The predicted octanol–water partition coefficient (Wildman–Crippen LogP) is 1.84. The van der Waals surface area contributed by atoms with E-state index in [4.69, 9.17) is 5.73 Å². The van der Waals surface area contributed by atoms with Gasteiger partial charge in [-0.15, -0.1) is 0 Å². The molecule has 90 valence electrons. The molecule has 0 saturated carbocycles. The lowest BCUT2D eigenvalue weighted by molar-refractivity contribution is 0.320. The van der Waals surface area contributed by atoms with Crippen LogP contribution < -0.4 is 5.73 Å². The second kappa shape index (κ2) is 5.86. The summed E-state index contributed by atoms with van der Waals surface area (Å²) in [5.74, 6) is 6.82. The van der Waals surface area contributed by atoms with E-state index in [1.807, 2.05) is 6.07 Å². The molecule has 2 nitrogen and oxygen atoms in total. The van der Waals surface area contributed by atoms with Gasteiger partial charge in [-0.2, -0.15) is 0 Å². The van der Waals surface area contributed by atoms with Crippen molar-refractivity contribution in [1.29, 1.82) is 0 Å². The van der Waals surface area contributed by atoms with Crippen LogP contribution in [0.15, 0.2) is 24.3 Å². The number of nitrogens with zero attached hydrogens (tertiary/aromatic N) is 1. The van der Waals surface area contributed by atoms with E-state index in [0.29, 0.717) is 6.54 Å². The number of hydrogen-bond donors (Lipinski definition) is 1. The van der Waals surface area contributed by atoms with Crippen molar-refractivity contribution < 1.29 is 0 Å². The normalized spacial score (nSPS) is 20.0. The summed E-state index contributed by atoms with van der Waals surface area (Å²) in [5, 5.41) is 0. The van der Waals surface area contributed by atoms with Crippen LogP contribution in [0.4, 0.5) is 0 Å². The van der Waals surface area contributed by atoms with Crippen molar-refractivity contribution in [2.24, 2.45) is 11.7 Å². The third-order valence-electron chi connectivity index (χ3n) is 3.18. The molecule has 0 amide bonds. The van der Waals surface area contributed by atoms with Crippen LogP contribution in [-0.2, 0) is 6.54 Å². The highest BCUT2D eigenvalue weighted by Crippen LogP contribution is 2.18. The van der Waals surface area contributed by atoms with E-state index in [0.717, 1.165) is 18.0 Å². The zero-order chi connectivity index (χ0) is 12.1. The molecule has 0 aromatic heterocycles. The van der Waals surface area contributed by atoms with Crippen molar-refractivity contribution in [3.63, 3.8) is 0 Å². The lowest BCUT2D eigenvalue weighted by atomic mass is 10.1. The summed E-state index contributed by atoms with van der Waals surface area (Å²) >= 11 is 0. The second-order valence-electron chi connectivity index (χ2n) is 4.84. The quantitative estimate of drug-likeness (QED) is 0.783. The van der Waals surface area contributed by atoms with Crippen molar-refractivity contribution in [2.75, 3.05) is 19.6 Å². The van der Waals surface area contributed by atoms with E-state index in [1.165, 1.54) is 25.1 Å². The highest BCUT2D eigenvalue weighted by molar-refractivity contribution is 5.37. The first-order valence-corrected chi connectivity index (χ1v) is 6.28. The van der Waals surface area contributed by atoms with Crippen molar-refractivity contribution >= 4 is 0 Å². The van der Waals surface area contributed by atoms with Gasteiger partial charge in [0.25, 0.3) is 0 Å². The Morgan fingerprint density at radius 2 is 2.35 bits per heavy atom. The first kappa shape index (κ1) is 12.2. The Balaban J connectivity index is 2.01. The molecule has 1 unspecified atom stereocenters. The third-order valence-corrected chi connectivity index (χ3v) is 3.18. The molecule has 1 fully saturated rings. The molecule has 1 atom stereocenters. The standard InChI is InChI=1S/C15H20N2/c1-13-7-9-17(11-13)12-15-5-2-4-14(10-15)6-3-8-16/h2,4-5,10,13H,7-9,11-12,16H2,1H3. The summed E-state index contributed by atoms with van der Waals surface area (Å²) in [6, 6.07) is 8.47.